The Balaban J connectivity index is 6.17. The molecule has 0 bridgehead atoms. The average molecular weight is 1090 g/mol. The second kappa shape index (κ2) is 38.7. The van der Waals surface area contributed by atoms with E-state index in [0.717, 1.165) is 52.4 Å². The number of carbonyl (C=O) groups excluding carboxylic acids is 10. The molecule has 8 atom stereocenters. The van der Waals surface area contributed by atoms with Crippen molar-refractivity contribution >= 4 is 71.0 Å². The molecule has 0 aromatic carbocycles. The number of aliphatic carboxylic acids is 2. The third-order valence-corrected chi connectivity index (χ3v) is 11.3. The lowest BCUT2D eigenvalue weighted by molar-refractivity contribution is -0.163. The van der Waals surface area contributed by atoms with Crippen LogP contribution in [0.5, 0.6) is 0 Å². The van der Waals surface area contributed by atoms with Gasteiger partial charge in [-0.05, 0) is 64.2 Å². The van der Waals surface area contributed by atoms with Crippen molar-refractivity contribution in [1.82, 2.24) is 47.3 Å². The predicted octanol–water partition coefficient (Wildman–Crippen LogP) is -4.33. The second-order valence-corrected chi connectivity index (χ2v) is 17.6. The van der Waals surface area contributed by atoms with Crippen molar-refractivity contribution in [3.8, 4) is 0 Å². The van der Waals surface area contributed by atoms with E-state index < -0.39 is 165 Å². The summed E-state index contributed by atoms with van der Waals surface area (Å²) >= 11 is 0. The van der Waals surface area contributed by atoms with Crippen LogP contribution in [0.15, 0.2) is 12.2 Å². The normalized spacial score (nSPS) is 14.2. The van der Waals surface area contributed by atoms with Crippen LogP contribution in [0, 0.1) is 0 Å². The maximum absolute atomic E-state index is 13.8. The fraction of sp³-hybridized carbons (Fsp3) is 0.696. The molecule has 0 aliphatic carbocycles. The number of primary amides is 1. The van der Waals surface area contributed by atoms with E-state index in [1.807, 2.05) is 16.7 Å². The van der Waals surface area contributed by atoms with Crippen molar-refractivity contribution < 1.29 is 98.6 Å². The van der Waals surface area contributed by atoms with Gasteiger partial charge in [0.05, 0.1) is 19.8 Å². The summed E-state index contributed by atoms with van der Waals surface area (Å²) in [7, 11) is 0. The molecule has 0 saturated carbocycles. The van der Waals surface area contributed by atoms with Gasteiger partial charge in [-0.15, -0.1) is 0 Å². The van der Waals surface area contributed by atoms with E-state index in [1.165, 1.54) is 6.42 Å². The topological polar surface area (TPSA) is 483 Å². The molecule has 0 aliphatic heterocycles. The number of nitrogens with two attached hydrogens (primary N) is 1. The summed E-state index contributed by atoms with van der Waals surface area (Å²) in [5, 5.41) is 94.2. The van der Waals surface area contributed by atoms with Crippen LogP contribution in [0.1, 0.15) is 124 Å². The van der Waals surface area contributed by atoms with Crippen molar-refractivity contribution in [2.24, 2.45) is 5.73 Å². The van der Waals surface area contributed by atoms with Crippen LogP contribution in [0.4, 0.5) is 0 Å². The zero-order chi connectivity index (χ0) is 57.9. The summed E-state index contributed by atoms with van der Waals surface area (Å²) < 4.78 is 0. The van der Waals surface area contributed by atoms with Crippen molar-refractivity contribution in [1.29, 1.82) is 0 Å². The van der Waals surface area contributed by atoms with E-state index in [1.54, 1.807) is 0 Å². The molecular weight excluding hydrogens is 1010 g/mol. The molecule has 0 saturated heterocycles. The van der Waals surface area contributed by atoms with Crippen LogP contribution in [-0.2, 0) is 57.5 Å². The largest absolute Gasteiger partial charge is 0.480 e. The smallest absolute Gasteiger partial charge is 0.335 e. The van der Waals surface area contributed by atoms with Gasteiger partial charge in [-0.3, -0.25) is 58.4 Å². The number of rotatable bonds is 41. The number of unbranched alkanes of at least 4 members (excludes halogenated alkanes) is 7. The van der Waals surface area contributed by atoms with Crippen molar-refractivity contribution in [2.45, 2.75) is 172 Å². The maximum Gasteiger partial charge on any atom is 0.335 e. The highest BCUT2D eigenvalue weighted by molar-refractivity contribution is 5.98. The first-order valence-corrected chi connectivity index (χ1v) is 24.8. The Bertz CT molecular complexity index is 1960. The highest BCUT2D eigenvalue weighted by Crippen LogP contribution is 2.10. The monoisotopic (exact) mass is 1090 g/mol. The number of allylic oxidation sites excluding steroid dienone is 2. The minimum atomic E-state index is -2.53. The summed E-state index contributed by atoms with van der Waals surface area (Å²) in [4.78, 5) is 151. The van der Waals surface area contributed by atoms with Gasteiger partial charge in [-0.2, -0.15) is 0 Å². The van der Waals surface area contributed by atoms with E-state index in [0.29, 0.717) is 17.9 Å². The first kappa shape index (κ1) is 69.1. The summed E-state index contributed by atoms with van der Waals surface area (Å²) in [6.07, 6.45) is 7.05. The molecule has 30 nitrogen and oxygen atoms in total. The lowest BCUT2D eigenvalue weighted by atomic mass is 10.1. The van der Waals surface area contributed by atoms with Crippen molar-refractivity contribution in [2.75, 3.05) is 32.9 Å². The Labute approximate surface area is 438 Å². The van der Waals surface area contributed by atoms with Crippen molar-refractivity contribution in [3.05, 3.63) is 12.2 Å². The maximum atomic E-state index is 13.8. The quantitative estimate of drug-likeness (QED) is 0.0119. The molecule has 0 radical (unpaired) electrons. The second-order valence-electron chi connectivity index (χ2n) is 17.6. The Kier molecular flexibility index (Phi) is 35.2. The molecule has 76 heavy (non-hydrogen) atoms. The zero-order valence-corrected chi connectivity index (χ0v) is 43.1. The number of carbonyl (C=O) groups is 12. The molecule has 0 rings (SSSR count). The molecule has 30 heteroatoms. The first-order chi connectivity index (χ1) is 35.8. The van der Waals surface area contributed by atoms with Gasteiger partial charge < -0.3 is 73.6 Å². The standard InChI is InChI=1S/C46H78N10O20/c1-4-5-6-7-8-9-10-11-12-13-14-19-36(63)54-37(38(64)46(73)74)44(70)53-34(26-59)43(69)52-32(24-57)41(67)49-30(20-21-35(47)62)40(66)48-29(17-15-22-55(75)27(2)60)39(65)51-33(25-58)42(68)50-31(45(71)72)18-16-23-56(76)28(3)61/h9-10,29-34,37-38,57-59,64,75-76H,4-8,11-26H2,1-3H3,(H2,47,62)(H,48,66)(H,49,67)(H,50,68)(H,51,65)(H,52,69)(H,53,70)(H,54,63)(H,71,72)(H,73,74). The van der Waals surface area contributed by atoms with E-state index >= 15 is 0 Å². The molecule has 0 spiro atoms. The van der Waals surface area contributed by atoms with Gasteiger partial charge in [0, 0.05) is 39.8 Å². The van der Waals surface area contributed by atoms with Gasteiger partial charge >= 0.3 is 11.9 Å². The van der Waals surface area contributed by atoms with Crippen LogP contribution in [-0.4, -0.2) is 203 Å². The van der Waals surface area contributed by atoms with Gasteiger partial charge in [-0.1, -0.05) is 44.8 Å². The molecular formula is C46H78N10O20. The minimum absolute atomic E-state index is 0.122. The molecule has 0 aromatic rings. The van der Waals surface area contributed by atoms with E-state index in [-0.39, 0.29) is 37.3 Å². The van der Waals surface area contributed by atoms with Crippen LogP contribution < -0.4 is 43.0 Å². The molecule has 0 aromatic heterocycles. The highest BCUT2D eigenvalue weighted by atomic mass is 16.5. The zero-order valence-electron chi connectivity index (χ0n) is 43.1. The lowest BCUT2D eigenvalue weighted by Crippen LogP contribution is -2.62. The Hall–Kier alpha value is -6.86. The summed E-state index contributed by atoms with van der Waals surface area (Å²) in [6.45, 7) is -0.160. The Morgan fingerprint density at radius 3 is 1.25 bits per heavy atom. The van der Waals surface area contributed by atoms with Crippen molar-refractivity contribution in [3.63, 3.8) is 0 Å². The number of carboxylic acid groups (broad SMARTS) is 2. The number of aliphatic hydroxyl groups excluding tert-OH is 4. The number of amides is 10. The highest BCUT2D eigenvalue weighted by Gasteiger charge is 2.37. The number of carboxylic acids is 2. The van der Waals surface area contributed by atoms with E-state index in [4.69, 9.17) is 5.73 Å². The number of hydrogen-bond donors (Lipinski definition) is 16. The van der Waals surface area contributed by atoms with E-state index in [2.05, 4.69) is 39.6 Å². The molecule has 432 valence electrons. The molecule has 0 fully saturated rings. The Morgan fingerprint density at radius 1 is 0.474 bits per heavy atom. The third-order valence-electron chi connectivity index (χ3n) is 11.3. The van der Waals surface area contributed by atoms with Gasteiger partial charge in [0.25, 0.3) is 0 Å². The van der Waals surface area contributed by atoms with Crippen LogP contribution in [0.3, 0.4) is 0 Å². The van der Waals surface area contributed by atoms with Gasteiger partial charge in [0.15, 0.2) is 6.10 Å². The fourth-order valence-electron chi connectivity index (χ4n) is 6.82. The van der Waals surface area contributed by atoms with Crippen LogP contribution in [0.25, 0.3) is 0 Å². The predicted molar refractivity (Wildman–Crippen MR) is 262 cm³/mol. The third kappa shape index (κ3) is 28.7. The molecule has 10 amide bonds. The fourth-order valence-corrected chi connectivity index (χ4v) is 6.82. The Morgan fingerprint density at radius 2 is 0.855 bits per heavy atom. The molecule has 0 heterocycles. The van der Waals surface area contributed by atoms with E-state index in [9.17, 15) is 98.6 Å². The molecule has 0 aliphatic rings. The molecule has 17 N–H and O–H groups in total. The molecule has 8 unspecified atom stereocenters. The minimum Gasteiger partial charge on any atom is -0.480 e. The van der Waals surface area contributed by atoms with Crippen LogP contribution >= 0.6 is 0 Å². The lowest BCUT2D eigenvalue weighted by Gasteiger charge is -2.27. The number of nitrogens with zero attached hydrogens (tertiary/aromatic N) is 2. The summed E-state index contributed by atoms with van der Waals surface area (Å²) in [6, 6.07) is -13.3. The summed E-state index contributed by atoms with van der Waals surface area (Å²) in [5.41, 5.74) is 5.27. The average Bonchev–Trinajstić information content (AvgIpc) is 3.36. The first-order valence-electron chi connectivity index (χ1n) is 24.8. The number of hydrogen-bond acceptors (Lipinski definition) is 18. The van der Waals surface area contributed by atoms with Gasteiger partial charge in [0.1, 0.15) is 42.3 Å². The SMILES string of the molecule is CCCCCCC=CCCCCCC(=O)NC(C(=O)NC(CO)C(=O)NC(CO)C(=O)NC(CCC(N)=O)C(=O)NC(CCCN(O)C(C)=O)C(=O)NC(CO)C(=O)NC(CCCN(O)C(C)=O)C(=O)O)C(O)C(=O)O. The van der Waals surface area contributed by atoms with Gasteiger partial charge in [-0.25, -0.2) is 19.7 Å². The van der Waals surface area contributed by atoms with Crippen LogP contribution in [0.2, 0.25) is 0 Å². The summed E-state index contributed by atoms with van der Waals surface area (Å²) in [5.74, 6) is -14.8. The number of nitrogens with one attached hydrogen (secondary N) is 7. The van der Waals surface area contributed by atoms with Gasteiger partial charge in [0.2, 0.25) is 59.1 Å². The number of aliphatic hydroxyl groups is 4. The number of hydroxylamine groups is 4.